The minimum atomic E-state index is -5.04. The van der Waals surface area contributed by atoms with Crippen LogP contribution in [0.15, 0.2) is 30.9 Å². The number of likely N-dealkylation sites (tertiary alicyclic amines) is 2. The number of rotatable bonds is 8. The Morgan fingerprint density at radius 2 is 1.98 bits per heavy atom. The number of aromatic nitrogens is 3. The first-order valence-corrected chi connectivity index (χ1v) is 15.6. The number of nitrogens with two attached hydrogens (primary N) is 1. The van der Waals surface area contributed by atoms with Crippen molar-refractivity contribution in [3.05, 3.63) is 48.1 Å². The van der Waals surface area contributed by atoms with Gasteiger partial charge in [0.1, 0.15) is 23.8 Å². The molecule has 0 saturated carbocycles. The van der Waals surface area contributed by atoms with Gasteiger partial charge in [-0.25, -0.2) is 13.8 Å². The summed E-state index contributed by atoms with van der Waals surface area (Å²) in [5.74, 6) is -2.34. The fourth-order valence-corrected chi connectivity index (χ4v) is 7.09. The molecule has 2 fully saturated rings. The number of fused-ring (bicyclic) bond motifs is 2. The van der Waals surface area contributed by atoms with Gasteiger partial charge in [-0.05, 0) is 44.2 Å². The number of benzene rings is 2. The smallest absolute Gasteiger partial charge is 0.417 e. The van der Waals surface area contributed by atoms with Crippen LogP contribution >= 0.6 is 11.3 Å². The number of nitrogen functional groups attached to an aromatic ring is 1. The number of likely N-dealkylation sites (N-methyl/N-ethyl adjacent to an activating group) is 2. The molecule has 2 N–H and O–H groups in total. The van der Waals surface area contributed by atoms with Crippen molar-refractivity contribution in [3.8, 4) is 17.1 Å². The van der Waals surface area contributed by atoms with Crippen molar-refractivity contribution in [1.29, 1.82) is 0 Å². The standard InChI is InChI=1S/C31H32F5N7O3S/c1-5-22(44)43-9-8-15(12-43)42(3)28-19-11-20(31(34,35)36)23(18-6-7-21(32)27-26(18)38-29(37)47-27)24(33)25(19)39-30(40-28)46-14-16-10-17(45-4)13-41(16)2/h5-7,11,15-17H,1,8-10,12-14H2,2-4H3,(H2,37,38)/t15-,16+,17-/m1/s1. The average Bonchev–Trinajstić information content (AvgIpc) is 3.77. The van der Waals surface area contributed by atoms with Crippen LogP contribution in [-0.2, 0) is 15.7 Å². The van der Waals surface area contributed by atoms with Crippen LogP contribution < -0.4 is 15.4 Å². The lowest BCUT2D eigenvalue weighted by Crippen LogP contribution is -2.37. The van der Waals surface area contributed by atoms with Crippen molar-refractivity contribution < 1.29 is 36.2 Å². The predicted octanol–water partition coefficient (Wildman–Crippen LogP) is 5.11. The molecule has 6 rings (SSSR count). The van der Waals surface area contributed by atoms with Crippen LogP contribution in [0, 0.1) is 11.6 Å². The molecule has 0 bridgehead atoms. The minimum Gasteiger partial charge on any atom is -0.462 e. The SMILES string of the molecule is C=CC(=O)N1CC[C@@H](N(C)c2nc(OC[C@@H]3C[C@@H](OC)CN3C)nc3c(F)c(-c4ccc(F)c5sc(N)nc45)c(C(F)(F)F)cc23)C1. The molecule has 4 heterocycles. The summed E-state index contributed by atoms with van der Waals surface area (Å²) in [5, 5.41) is -0.299. The van der Waals surface area contributed by atoms with Gasteiger partial charge in [0.15, 0.2) is 10.9 Å². The number of halogens is 5. The van der Waals surface area contributed by atoms with Gasteiger partial charge in [-0.2, -0.15) is 23.1 Å². The first kappa shape index (κ1) is 32.8. The number of methoxy groups -OCH3 is 1. The largest absolute Gasteiger partial charge is 0.462 e. The molecule has 2 aliphatic heterocycles. The van der Waals surface area contributed by atoms with Gasteiger partial charge in [0.25, 0.3) is 0 Å². The van der Waals surface area contributed by atoms with E-state index in [4.69, 9.17) is 15.2 Å². The summed E-state index contributed by atoms with van der Waals surface area (Å²) in [5.41, 5.74) is 2.71. The summed E-state index contributed by atoms with van der Waals surface area (Å²) < 4.78 is 87.1. The molecule has 3 atom stereocenters. The van der Waals surface area contributed by atoms with Crippen LogP contribution in [0.4, 0.5) is 32.9 Å². The number of thiazole rings is 1. The molecule has 1 amide bonds. The number of alkyl halides is 3. The lowest BCUT2D eigenvalue weighted by atomic mass is 9.95. The normalized spacial score (nSPS) is 20.4. The Bertz CT molecular complexity index is 1870. The average molecular weight is 678 g/mol. The molecule has 0 spiro atoms. The van der Waals surface area contributed by atoms with Gasteiger partial charge >= 0.3 is 12.2 Å². The highest BCUT2D eigenvalue weighted by molar-refractivity contribution is 7.22. The van der Waals surface area contributed by atoms with E-state index in [0.29, 0.717) is 25.9 Å². The topological polar surface area (TPSA) is 110 Å². The van der Waals surface area contributed by atoms with Crippen LogP contribution in [0.5, 0.6) is 6.01 Å². The molecule has 47 heavy (non-hydrogen) atoms. The van der Waals surface area contributed by atoms with E-state index in [2.05, 4.69) is 21.5 Å². The zero-order chi connectivity index (χ0) is 33.8. The minimum absolute atomic E-state index is 0.00412. The molecular weight excluding hydrogens is 645 g/mol. The molecule has 4 aromatic rings. The maximum Gasteiger partial charge on any atom is 0.417 e. The third kappa shape index (κ3) is 6.05. The van der Waals surface area contributed by atoms with Gasteiger partial charge in [-0.15, -0.1) is 0 Å². The Morgan fingerprint density at radius 1 is 1.21 bits per heavy atom. The number of hydrogen-bond donors (Lipinski definition) is 1. The third-order valence-electron chi connectivity index (χ3n) is 8.90. The summed E-state index contributed by atoms with van der Waals surface area (Å²) in [6.45, 7) is 4.95. The Kier molecular flexibility index (Phi) is 8.69. The van der Waals surface area contributed by atoms with Crippen LogP contribution in [0.2, 0.25) is 0 Å². The summed E-state index contributed by atoms with van der Waals surface area (Å²) in [7, 11) is 5.14. The van der Waals surface area contributed by atoms with E-state index in [9.17, 15) is 22.4 Å². The van der Waals surface area contributed by atoms with Gasteiger partial charge in [-0.3, -0.25) is 9.69 Å². The molecule has 2 aliphatic rings. The molecule has 2 aromatic carbocycles. The van der Waals surface area contributed by atoms with Crippen molar-refractivity contribution in [2.45, 2.75) is 37.2 Å². The van der Waals surface area contributed by atoms with Gasteiger partial charge in [0, 0.05) is 62.4 Å². The second-order valence-corrected chi connectivity index (χ2v) is 12.7. The lowest BCUT2D eigenvalue weighted by Gasteiger charge is -2.28. The maximum atomic E-state index is 16.8. The van der Waals surface area contributed by atoms with Crippen molar-refractivity contribution >= 4 is 49.3 Å². The zero-order valence-corrected chi connectivity index (χ0v) is 26.6. The van der Waals surface area contributed by atoms with Crippen LogP contribution in [0.25, 0.3) is 32.2 Å². The summed E-state index contributed by atoms with van der Waals surface area (Å²) in [6, 6.07) is 2.12. The summed E-state index contributed by atoms with van der Waals surface area (Å²) in [6.07, 6.45) is -2.72. The molecule has 2 aromatic heterocycles. The van der Waals surface area contributed by atoms with Gasteiger partial charge in [0.05, 0.1) is 21.9 Å². The fourth-order valence-electron chi connectivity index (χ4n) is 6.33. The van der Waals surface area contributed by atoms with Gasteiger partial charge < -0.3 is 25.0 Å². The van der Waals surface area contributed by atoms with E-state index >= 15 is 4.39 Å². The number of hydrogen-bond acceptors (Lipinski definition) is 10. The second-order valence-electron chi connectivity index (χ2n) is 11.7. The van der Waals surface area contributed by atoms with Crippen LogP contribution in [0.1, 0.15) is 18.4 Å². The van der Waals surface area contributed by atoms with Crippen LogP contribution in [-0.4, -0.2) is 96.3 Å². The van der Waals surface area contributed by atoms with E-state index < -0.39 is 34.5 Å². The molecule has 0 unspecified atom stereocenters. The number of carbonyl (C=O) groups excluding carboxylic acids is 1. The lowest BCUT2D eigenvalue weighted by molar-refractivity contribution is -0.137. The number of ether oxygens (including phenoxy) is 2. The van der Waals surface area contributed by atoms with Crippen molar-refractivity contribution in [3.63, 3.8) is 0 Å². The molecule has 0 radical (unpaired) electrons. The Balaban J connectivity index is 1.53. The molecular formula is C31H32F5N7O3S. The number of carbonyl (C=O) groups is 1. The molecule has 250 valence electrons. The maximum absolute atomic E-state index is 16.8. The monoisotopic (exact) mass is 677 g/mol. The first-order valence-electron chi connectivity index (χ1n) is 14.8. The number of anilines is 2. The molecule has 16 heteroatoms. The quantitative estimate of drug-likeness (QED) is 0.201. The molecule has 2 saturated heterocycles. The Hall–Kier alpha value is -4.15. The van der Waals surface area contributed by atoms with Crippen molar-refractivity contribution in [2.24, 2.45) is 0 Å². The van der Waals surface area contributed by atoms with E-state index in [0.717, 1.165) is 29.5 Å². The van der Waals surface area contributed by atoms with Crippen LogP contribution in [0.3, 0.4) is 0 Å². The highest BCUT2D eigenvalue weighted by atomic mass is 32.1. The molecule has 10 nitrogen and oxygen atoms in total. The fraction of sp³-hybridized carbons (Fsp3) is 0.419. The van der Waals surface area contributed by atoms with E-state index in [1.54, 1.807) is 24.0 Å². The highest BCUT2D eigenvalue weighted by Crippen LogP contribution is 2.46. The zero-order valence-electron chi connectivity index (χ0n) is 25.8. The second kappa shape index (κ2) is 12.5. The van der Waals surface area contributed by atoms with Crippen molar-refractivity contribution in [1.82, 2.24) is 24.8 Å². The van der Waals surface area contributed by atoms with E-state index in [1.165, 1.54) is 6.08 Å². The Morgan fingerprint density at radius 3 is 2.66 bits per heavy atom. The van der Waals surface area contributed by atoms with E-state index in [-0.39, 0.29) is 75.4 Å². The van der Waals surface area contributed by atoms with Gasteiger partial charge in [0.2, 0.25) is 5.91 Å². The summed E-state index contributed by atoms with van der Waals surface area (Å²) >= 11 is 0.746. The Labute approximate surface area is 270 Å². The van der Waals surface area contributed by atoms with Gasteiger partial charge in [-0.1, -0.05) is 17.9 Å². The van der Waals surface area contributed by atoms with Crippen molar-refractivity contribution in [2.75, 3.05) is 58.1 Å². The van der Waals surface area contributed by atoms with E-state index in [1.807, 2.05) is 11.9 Å². The number of amides is 1. The third-order valence-corrected chi connectivity index (χ3v) is 9.79. The molecule has 0 aliphatic carbocycles. The number of nitrogens with zero attached hydrogens (tertiary/aromatic N) is 6. The highest BCUT2D eigenvalue weighted by Gasteiger charge is 2.39. The predicted molar refractivity (Wildman–Crippen MR) is 168 cm³/mol. The summed E-state index contributed by atoms with van der Waals surface area (Å²) in [4.78, 5) is 30.3. The first-order chi connectivity index (χ1) is 22.3.